The molecular weight excluding hydrogens is 288 g/mol. The molecule has 1 fully saturated rings. The van der Waals surface area contributed by atoms with Crippen molar-refractivity contribution in [1.82, 2.24) is 4.98 Å². The van der Waals surface area contributed by atoms with Crippen molar-refractivity contribution < 1.29 is 4.79 Å². The summed E-state index contributed by atoms with van der Waals surface area (Å²) in [6, 6.07) is 11.5. The third-order valence-electron chi connectivity index (χ3n) is 4.06. The van der Waals surface area contributed by atoms with Crippen molar-refractivity contribution in [2.75, 3.05) is 42.3 Å². The number of benzene rings is 1. The Labute approximate surface area is 136 Å². The van der Waals surface area contributed by atoms with Gasteiger partial charge in [-0.05, 0) is 43.2 Å². The molecule has 1 amide bonds. The molecule has 0 saturated carbocycles. The molecule has 1 aliphatic heterocycles. The van der Waals surface area contributed by atoms with Crippen molar-refractivity contribution in [3.8, 4) is 0 Å². The lowest BCUT2D eigenvalue weighted by molar-refractivity contribution is 0.102. The quantitative estimate of drug-likeness (QED) is 0.943. The van der Waals surface area contributed by atoms with Crippen LogP contribution in [0, 0.1) is 0 Å². The summed E-state index contributed by atoms with van der Waals surface area (Å²) in [6.07, 6.45) is 4.08. The summed E-state index contributed by atoms with van der Waals surface area (Å²) in [5, 5.41) is 2.92. The number of amides is 1. The van der Waals surface area contributed by atoms with Gasteiger partial charge in [0.25, 0.3) is 5.91 Å². The number of aromatic nitrogens is 1. The molecular formula is C18H22N4O. The Morgan fingerprint density at radius 1 is 1.17 bits per heavy atom. The van der Waals surface area contributed by atoms with Gasteiger partial charge >= 0.3 is 0 Å². The molecule has 1 saturated heterocycles. The summed E-state index contributed by atoms with van der Waals surface area (Å²) < 4.78 is 0. The van der Waals surface area contributed by atoms with Crippen LogP contribution in [0.15, 0.2) is 42.6 Å². The Bertz CT molecular complexity index is 676. The number of nitrogens with zero attached hydrogens (tertiary/aromatic N) is 3. The zero-order valence-electron chi connectivity index (χ0n) is 13.6. The van der Waals surface area contributed by atoms with Crippen LogP contribution in [0.3, 0.4) is 0 Å². The molecule has 1 N–H and O–H groups in total. The zero-order chi connectivity index (χ0) is 16.2. The number of pyridine rings is 1. The highest BCUT2D eigenvalue weighted by molar-refractivity contribution is 6.04. The van der Waals surface area contributed by atoms with Crippen molar-refractivity contribution in [1.29, 1.82) is 0 Å². The van der Waals surface area contributed by atoms with Gasteiger partial charge in [-0.15, -0.1) is 0 Å². The van der Waals surface area contributed by atoms with Gasteiger partial charge in [0.05, 0.1) is 5.56 Å². The molecule has 1 aliphatic rings. The molecule has 1 aromatic heterocycles. The van der Waals surface area contributed by atoms with Gasteiger partial charge in [-0.2, -0.15) is 0 Å². The van der Waals surface area contributed by atoms with E-state index >= 15 is 0 Å². The Kier molecular flexibility index (Phi) is 4.46. The first-order valence-electron chi connectivity index (χ1n) is 7.93. The van der Waals surface area contributed by atoms with Gasteiger partial charge in [-0.1, -0.05) is 6.07 Å². The van der Waals surface area contributed by atoms with Crippen LogP contribution in [-0.4, -0.2) is 38.1 Å². The van der Waals surface area contributed by atoms with Crippen LogP contribution in [0.4, 0.5) is 17.2 Å². The maximum Gasteiger partial charge on any atom is 0.257 e. The SMILES string of the molecule is CN(C)c1cccc(NC(=O)c2ccc(N3CCCC3)nc2)c1. The van der Waals surface area contributed by atoms with Crippen molar-refractivity contribution in [2.45, 2.75) is 12.8 Å². The predicted octanol–water partition coefficient (Wildman–Crippen LogP) is 3.00. The number of hydrogen-bond donors (Lipinski definition) is 1. The van der Waals surface area contributed by atoms with E-state index in [9.17, 15) is 4.79 Å². The number of nitrogens with one attached hydrogen (secondary N) is 1. The van der Waals surface area contributed by atoms with Crippen LogP contribution in [-0.2, 0) is 0 Å². The van der Waals surface area contributed by atoms with Crippen molar-refractivity contribution in [3.63, 3.8) is 0 Å². The van der Waals surface area contributed by atoms with E-state index in [2.05, 4.69) is 15.2 Å². The minimum atomic E-state index is -0.138. The first kappa shape index (κ1) is 15.3. The predicted molar refractivity (Wildman–Crippen MR) is 94.4 cm³/mol. The molecule has 0 aliphatic carbocycles. The molecule has 5 heteroatoms. The van der Waals surface area contributed by atoms with Gasteiger partial charge in [-0.3, -0.25) is 4.79 Å². The maximum atomic E-state index is 12.3. The third-order valence-corrected chi connectivity index (χ3v) is 4.06. The van der Waals surface area contributed by atoms with Crippen LogP contribution >= 0.6 is 0 Å². The van der Waals surface area contributed by atoms with Crippen molar-refractivity contribution >= 4 is 23.1 Å². The lowest BCUT2D eigenvalue weighted by Crippen LogP contribution is -2.19. The standard InChI is InChI=1S/C18H22N4O/c1-21(2)16-7-5-6-15(12-16)20-18(23)14-8-9-17(19-13-14)22-10-3-4-11-22/h5-9,12-13H,3-4,10-11H2,1-2H3,(H,20,23). The van der Waals surface area contributed by atoms with Gasteiger partial charge in [0.15, 0.2) is 0 Å². The molecule has 3 rings (SSSR count). The molecule has 0 atom stereocenters. The first-order chi connectivity index (χ1) is 11.1. The molecule has 5 nitrogen and oxygen atoms in total. The van der Waals surface area contributed by atoms with Gasteiger partial charge in [0, 0.05) is 44.8 Å². The summed E-state index contributed by atoms with van der Waals surface area (Å²) in [5.74, 6) is 0.815. The van der Waals surface area contributed by atoms with Crippen molar-refractivity contribution in [2.24, 2.45) is 0 Å². The highest BCUT2D eigenvalue weighted by Gasteiger charge is 2.14. The summed E-state index contributed by atoms with van der Waals surface area (Å²) in [6.45, 7) is 2.10. The molecule has 0 unspecified atom stereocenters. The van der Waals surface area contributed by atoms with E-state index in [1.807, 2.05) is 55.4 Å². The Morgan fingerprint density at radius 3 is 2.61 bits per heavy atom. The molecule has 1 aromatic carbocycles. The number of rotatable bonds is 4. The summed E-state index contributed by atoms with van der Waals surface area (Å²) >= 11 is 0. The zero-order valence-corrected chi connectivity index (χ0v) is 13.6. The second kappa shape index (κ2) is 6.69. The molecule has 23 heavy (non-hydrogen) atoms. The summed E-state index contributed by atoms with van der Waals surface area (Å²) in [7, 11) is 3.95. The smallest absolute Gasteiger partial charge is 0.257 e. The van der Waals surface area contributed by atoms with Gasteiger partial charge in [0.2, 0.25) is 0 Å². The van der Waals surface area contributed by atoms with Crippen molar-refractivity contribution in [3.05, 3.63) is 48.2 Å². The highest BCUT2D eigenvalue weighted by Crippen LogP contribution is 2.20. The van der Waals surface area contributed by atoms with E-state index in [0.717, 1.165) is 30.3 Å². The number of carbonyl (C=O) groups excluding carboxylic acids is 1. The summed E-state index contributed by atoms with van der Waals surface area (Å²) in [4.78, 5) is 21.0. The van der Waals surface area contributed by atoms with E-state index in [0.29, 0.717) is 5.56 Å². The monoisotopic (exact) mass is 310 g/mol. The van der Waals surface area contributed by atoms with Crippen LogP contribution < -0.4 is 15.1 Å². The Balaban J connectivity index is 1.69. The topological polar surface area (TPSA) is 48.5 Å². The molecule has 120 valence electrons. The van der Waals surface area contributed by atoms with E-state index in [1.54, 1.807) is 6.20 Å². The van der Waals surface area contributed by atoms with E-state index in [4.69, 9.17) is 0 Å². The molecule has 0 bridgehead atoms. The average Bonchev–Trinajstić information content (AvgIpc) is 3.09. The lowest BCUT2D eigenvalue weighted by atomic mass is 10.2. The fourth-order valence-electron chi connectivity index (χ4n) is 2.72. The van der Waals surface area contributed by atoms with E-state index in [-0.39, 0.29) is 5.91 Å². The second-order valence-electron chi connectivity index (χ2n) is 6.00. The van der Waals surface area contributed by atoms with E-state index in [1.165, 1.54) is 12.8 Å². The second-order valence-corrected chi connectivity index (χ2v) is 6.00. The summed E-state index contributed by atoms with van der Waals surface area (Å²) in [5.41, 5.74) is 2.40. The number of anilines is 3. The minimum Gasteiger partial charge on any atom is -0.378 e. The van der Waals surface area contributed by atoms with Crippen LogP contribution in [0.2, 0.25) is 0 Å². The number of hydrogen-bond acceptors (Lipinski definition) is 4. The van der Waals surface area contributed by atoms with Gasteiger partial charge in [-0.25, -0.2) is 4.98 Å². The molecule has 0 spiro atoms. The largest absolute Gasteiger partial charge is 0.378 e. The lowest BCUT2D eigenvalue weighted by Gasteiger charge is -2.16. The van der Waals surface area contributed by atoms with Crippen LogP contribution in [0.25, 0.3) is 0 Å². The maximum absolute atomic E-state index is 12.3. The number of carbonyl (C=O) groups is 1. The third kappa shape index (κ3) is 3.62. The Hall–Kier alpha value is -2.56. The molecule has 0 radical (unpaired) electrons. The van der Waals surface area contributed by atoms with Gasteiger partial charge in [0.1, 0.15) is 5.82 Å². The Morgan fingerprint density at radius 2 is 1.96 bits per heavy atom. The molecule has 2 aromatic rings. The van der Waals surface area contributed by atoms with E-state index < -0.39 is 0 Å². The fraction of sp³-hybridized carbons (Fsp3) is 0.333. The average molecular weight is 310 g/mol. The first-order valence-corrected chi connectivity index (χ1v) is 7.93. The van der Waals surface area contributed by atoms with Gasteiger partial charge < -0.3 is 15.1 Å². The van der Waals surface area contributed by atoms with Crippen LogP contribution in [0.1, 0.15) is 23.2 Å². The highest BCUT2D eigenvalue weighted by atomic mass is 16.1. The fourth-order valence-corrected chi connectivity index (χ4v) is 2.72. The minimum absolute atomic E-state index is 0.138. The normalized spacial score (nSPS) is 13.9. The molecule has 2 heterocycles. The van der Waals surface area contributed by atoms with Crippen LogP contribution in [0.5, 0.6) is 0 Å².